The quantitative estimate of drug-likeness (QED) is 0.455. The molecule has 0 bridgehead atoms. The van der Waals surface area contributed by atoms with Crippen molar-refractivity contribution >= 4 is 11.8 Å². The molecule has 1 saturated heterocycles. The first-order valence-corrected chi connectivity index (χ1v) is 13.3. The molecule has 2 aliphatic heterocycles. The van der Waals surface area contributed by atoms with E-state index in [1.165, 1.54) is 12.1 Å². The van der Waals surface area contributed by atoms with Crippen molar-refractivity contribution in [3.63, 3.8) is 0 Å². The lowest BCUT2D eigenvalue weighted by Crippen LogP contribution is -2.56. The molecule has 200 valence electrons. The molecular weight excluding hydrogens is 476 g/mol. The van der Waals surface area contributed by atoms with Gasteiger partial charge in [0.05, 0.1) is 24.0 Å². The van der Waals surface area contributed by atoms with Gasteiger partial charge in [-0.1, -0.05) is 44.5 Å². The Labute approximate surface area is 217 Å². The van der Waals surface area contributed by atoms with Gasteiger partial charge in [0.25, 0.3) is 0 Å². The minimum atomic E-state index is -1.02. The average Bonchev–Trinajstić information content (AvgIpc) is 3.20. The first kappa shape index (κ1) is 27.2. The minimum Gasteiger partial charge on any atom is -0.389 e. The molecule has 2 heterocycles. The second kappa shape index (κ2) is 12.1. The summed E-state index contributed by atoms with van der Waals surface area (Å²) in [6.07, 6.45) is 1.97. The van der Waals surface area contributed by atoms with Crippen LogP contribution in [0.3, 0.4) is 0 Å². The van der Waals surface area contributed by atoms with Crippen LogP contribution < -0.4 is 10.6 Å². The SMILES string of the molecule is CCCCN1C[C@@H](C(=O)N[C@@H](Cc2cc(F)cc(F)c2)[C@H](O)C2Cc3ccccc3CN2)C(CC)C1=O. The Morgan fingerprint density at radius 2 is 1.86 bits per heavy atom. The van der Waals surface area contributed by atoms with Gasteiger partial charge in [-0.25, -0.2) is 8.78 Å². The van der Waals surface area contributed by atoms with Crippen LogP contribution in [0.25, 0.3) is 0 Å². The topological polar surface area (TPSA) is 81.7 Å². The van der Waals surface area contributed by atoms with Crippen LogP contribution in [0.1, 0.15) is 49.8 Å². The standard InChI is InChI=1S/C29H37F2N3O3/c1-3-5-10-34-17-24(23(4-2)29(34)37)28(36)33-26(13-18-11-21(30)15-22(31)12-18)27(35)25-14-19-8-6-7-9-20(19)16-32-25/h6-9,11-12,15,23-27,32,35H,3-5,10,13-14,16-17H2,1-2H3,(H,33,36)/t23?,24-,25?,26+,27-/m1/s1. The number of hydrogen-bond acceptors (Lipinski definition) is 4. The highest BCUT2D eigenvalue weighted by molar-refractivity contribution is 5.91. The summed E-state index contributed by atoms with van der Waals surface area (Å²) < 4.78 is 27.9. The maximum absolute atomic E-state index is 13.9. The van der Waals surface area contributed by atoms with E-state index in [2.05, 4.69) is 17.6 Å². The van der Waals surface area contributed by atoms with Crippen molar-refractivity contribution in [2.24, 2.45) is 11.8 Å². The van der Waals surface area contributed by atoms with Crippen molar-refractivity contribution in [2.45, 2.75) is 70.7 Å². The minimum absolute atomic E-state index is 0.00838. The van der Waals surface area contributed by atoms with Gasteiger partial charge < -0.3 is 20.6 Å². The first-order valence-electron chi connectivity index (χ1n) is 13.3. The monoisotopic (exact) mass is 513 g/mol. The number of hydrogen-bond donors (Lipinski definition) is 3. The number of carbonyl (C=O) groups is 2. The number of nitrogens with zero attached hydrogens (tertiary/aromatic N) is 1. The Balaban J connectivity index is 1.55. The molecule has 4 rings (SSSR count). The van der Waals surface area contributed by atoms with Crippen molar-refractivity contribution in [1.29, 1.82) is 0 Å². The molecule has 2 aromatic carbocycles. The van der Waals surface area contributed by atoms with Crippen LogP contribution in [0.2, 0.25) is 0 Å². The number of fused-ring (bicyclic) bond motifs is 1. The van der Waals surface area contributed by atoms with Gasteiger partial charge >= 0.3 is 0 Å². The summed E-state index contributed by atoms with van der Waals surface area (Å²) in [4.78, 5) is 28.2. The number of aliphatic hydroxyl groups is 1. The van der Waals surface area contributed by atoms with Crippen LogP contribution >= 0.6 is 0 Å². The molecule has 3 N–H and O–H groups in total. The van der Waals surface area contributed by atoms with Gasteiger partial charge in [-0.15, -0.1) is 0 Å². The molecule has 0 saturated carbocycles. The summed E-state index contributed by atoms with van der Waals surface area (Å²) in [6.45, 7) is 5.50. The van der Waals surface area contributed by atoms with E-state index in [1.807, 2.05) is 31.2 Å². The average molecular weight is 514 g/mol. The highest BCUT2D eigenvalue weighted by Gasteiger charge is 2.44. The van der Waals surface area contributed by atoms with Gasteiger partial charge in [0, 0.05) is 31.7 Å². The molecule has 2 amide bonds. The van der Waals surface area contributed by atoms with E-state index in [-0.39, 0.29) is 24.3 Å². The lowest BCUT2D eigenvalue weighted by atomic mass is 9.87. The first-order chi connectivity index (χ1) is 17.8. The Kier molecular flexibility index (Phi) is 8.92. The van der Waals surface area contributed by atoms with E-state index in [0.29, 0.717) is 38.0 Å². The molecule has 0 spiro atoms. The molecule has 0 radical (unpaired) electrons. The van der Waals surface area contributed by atoms with Crippen LogP contribution in [-0.4, -0.2) is 53.1 Å². The number of rotatable bonds is 10. The fourth-order valence-corrected chi connectivity index (χ4v) is 5.67. The zero-order valence-corrected chi connectivity index (χ0v) is 21.6. The normalized spacial score (nSPS) is 23.0. The lowest BCUT2D eigenvalue weighted by Gasteiger charge is -2.35. The van der Waals surface area contributed by atoms with E-state index < -0.39 is 35.6 Å². The number of likely N-dealkylation sites (tertiary alicyclic amines) is 1. The summed E-state index contributed by atoms with van der Waals surface area (Å²) in [5.74, 6) is -2.69. The Morgan fingerprint density at radius 3 is 2.54 bits per heavy atom. The Bertz CT molecular complexity index is 1090. The predicted molar refractivity (Wildman–Crippen MR) is 138 cm³/mol. The fraction of sp³-hybridized carbons (Fsp3) is 0.517. The third-order valence-electron chi connectivity index (χ3n) is 7.73. The largest absolute Gasteiger partial charge is 0.389 e. The number of amides is 2. The lowest BCUT2D eigenvalue weighted by molar-refractivity contribution is -0.133. The number of benzene rings is 2. The summed E-state index contributed by atoms with van der Waals surface area (Å²) in [6, 6.07) is 10.1. The van der Waals surface area contributed by atoms with E-state index in [9.17, 15) is 23.5 Å². The zero-order chi connectivity index (χ0) is 26.5. The summed E-state index contributed by atoms with van der Waals surface area (Å²) >= 11 is 0. The van der Waals surface area contributed by atoms with Gasteiger partial charge in [-0.2, -0.15) is 0 Å². The van der Waals surface area contributed by atoms with E-state index in [0.717, 1.165) is 30.0 Å². The molecule has 2 unspecified atom stereocenters. The number of carbonyl (C=O) groups excluding carboxylic acids is 2. The van der Waals surface area contributed by atoms with Crippen LogP contribution in [0.5, 0.6) is 0 Å². The predicted octanol–water partition coefficient (Wildman–Crippen LogP) is 3.35. The Hall–Kier alpha value is -2.84. The summed E-state index contributed by atoms with van der Waals surface area (Å²) in [5.41, 5.74) is 2.62. The molecule has 2 aliphatic rings. The van der Waals surface area contributed by atoms with Gasteiger partial charge in [-0.05, 0) is 54.5 Å². The molecule has 0 aromatic heterocycles. The molecule has 2 aromatic rings. The molecule has 6 nitrogen and oxygen atoms in total. The van der Waals surface area contributed by atoms with Crippen molar-refractivity contribution in [1.82, 2.24) is 15.5 Å². The zero-order valence-electron chi connectivity index (χ0n) is 21.6. The second-order valence-corrected chi connectivity index (χ2v) is 10.3. The molecular formula is C29H37F2N3O3. The van der Waals surface area contributed by atoms with Gasteiger partial charge in [-0.3, -0.25) is 9.59 Å². The van der Waals surface area contributed by atoms with Crippen LogP contribution in [-0.2, 0) is 29.0 Å². The third kappa shape index (κ3) is 6.36. The maximum atomic E-state index is 13.9. The molecule has 0 aliphatic carbocycles. The summed E-state index contributed by atoms with van der Waals surface area (Å²) in [7, 11) is 0. The highest BCUT2D eigenvalue weighted by Crippen LogP contribution is 2.29. The fourth-order valence-electron chi connectivity index (χ4n) is 5.67. The molecule has 5 atom stereocenters. The van der Waals surface area contributed by atoms with Crippen molar-refractivity contribution in [2.75, 3.05) is 13.1 Å². The second-order valence-electron chi connectivity index (χ2n) is 10.3. The van der Waals surface area contributed by atoms with E-state index in [4.69, 9.17) is 0 Å². The van der Waals surface area contributed by atoms with E-state index in [1.54, 1.807) is 4.90 Å². The smallest absolute Gasteiger partial charge is 0.226 e. The van der Waals surface area contributed by atoms with Gasteiger partial charge in [0.2, 0.25) is 11.8 Å². The van der Waals surface area contributed by atoms with Crippen molar-refractivity contribution in [3.05, 3.63) is 70.8 Å². The Morgan fingerprint density at radius 1 is 1.16 bits per heavy atom. The van der Waals surface area contributed by atoms with Gasteiger partial charge in [0.15, 0.2) is 0 Å². The number of halogens is 2. The number of unbranched alkanes of at least 4 members (excludes halogenated alkanes) is 1. The van der Waals surface area contributed by atoms with Crippen molar-refractivity contribution in [3.8, 4) is 0 Å². The number of aliphatic hydroxyl groups excluding tert-OH is 1. The molecule has 37 heavy (non-hydrogen) atoms. The summed E-state index contributed by atoms with van der Waals surface area (Å²) in [5, 5.41) is 17.8. The van der Waals surface area contributed by atoms with Crippen molar-refractivity contribution < 1.29 is 23.5 Å². The molecule has 1 fully saturated rings. The van der Waals surface area contributed by atoms with Crippen LogP contribution in [0.4, 0.5) is 8.78 Å². The maximum Gasteiger partial charge on any atom is 0.226 e. The van der Waals surface area contributed by atoms with E-state index >= 15 is 0 Å². The van der Waals surface area contributed by atoms with Gasteiger partial charge in [0.1, 0.15) is 11.6 Å². The number of nitrogens with one attached hydrogen (secondary N) is 2. The molecule has 8 heteroatoms. The van der Waals surface area contributed by atoms with Crippen LogP contribution in [0, 0.1) is 23.5 Å². The highest BCUT2D eigenvalue weighted by atomic mass is 19.1. The van der Waals surface area contributed by atoms with Crippen LogP contribution in [0.15, 0.2) is 42.5 Å². The third-order valence-corrected chi connectivity index (χ3v) is 7.73.